The number of nitrogens with one attached hydrogen (secondary N) is 1. The number of aromatic carboxylic acids is 1. The van der Waals surface area contributed by atoms with Crippen LogP contribution in [0.2, 0.25) is 0 Å². The Hall–Kier alpha value is -1.62. The number of H-pyrrole nitrogens is 1. The third-order valence-corrected chi connectivity index (χ3v) is 2.94. The van der Waals surface area contributed by atoms with Gasteiger partial charge < -0.3 is 10.1 Å². The van der Waals surface area contributed by atoms with Crippen LogP contribution in [0.1, 0.15) is 15.4 Å². The van der Waals surface area contributed by atoms with E-state index in [0.29, 0.717) is 10.1 Å². The van der Waals surface area contributed by atoms with Gasteiger partial charge >= 0.3 is 5.97 Å². The molecule has 0 spiro atoms. The molecule has 0 aromatic carbocycles. The van der Waals surface area contributed by atoms with Crippen molar-refractivity contribution < 1.29 is 9.90 Å². The molecule has 14 heavy (non-hydrogen) atoms. The van der Waals surface area contributed by atoms with Gasteiger partial charge in [-0.2, -0.15) is 0 Å². The summed E-state index contributed by atoms with van der Waals surface area (Å²) < 4.78 is 0.712. The number of aryl methyl sites for hydroxylation is 1. The number of aromatic amines is 1. The highest BCUT2D eigenvalue weighted by molar-refractivity contribution is 7.20. The fourth-order valence-electron chi connectivity index (χ4n) is 1.27. The third-order valence-electron chi connectivity index (χ3n) is 1.87. The van der Waals surface area contributed by atoms with Crippen molar-refractivity contribution in [1.82, 2.24) is 4.98 Å². The Kier molecular flexibility index (Phi) is 1.89. The van der Waals surface area contributed by atoms with Crippen LogP contribution in [0.15, 0.2) is 16.9 Å². The molecule has 0 aliphatic rings. The predicted molar refractivity (Wildman–Crippen MR) is 54.1 cm³/mol. The lowest BCUT2D eigenvalue weighted by Crippen LogP contribution is -2.05. The summed E-state index contributed by atoms with van der Waals surface area (Å²) in [6, 6.07) is 3.18. The molecule has 4 nitrogen and oxygen atoms in total. The number of carboxylic acids is 1. The second kappa shape index (κ2) is 2.95. The molecule has 0 atom stereocenters. The number of fused-ring (bicyclic) bond motifs is 1. The second-order valence-electron chi connectivity index (χ2n) is 2.98. The maximum absolute atomic E-state index is 11.4. The SMILES string of the molecule is Cc1cc2sc(C(=O)O)cc2c(=O)[nH]1. The number of hydrogen-bond acceptors (Lipinski definition) is 3. The first-order valence-electron chi connectivity index (χ1n) is 3.94. The molecule has 0 unspecified atom stereocenters. The summed E-state index contributed by atoms with van der Waals surface area (Å²) in [5, 5.41) is 9.19. The number of carboxylic acid groups (broad SMARTS) is 1. The Morgan fingerprint density at radius 2 is 2.21 bits per heavy atom. The lowest BCUT2D eigenvalue weighted by atomic mass is 10.3. The Balaban J connectivity index is 2.83. The minimum atomic E-state index is -0.997. The highest BCUT2D eigenvalue weighted by Gasteiger charge is 2.10. The molecule has 2 N–H and O–H groups in total. The average Bonchev–Trinajstić information content (AvgIpc) is 2.47. The van der Waals surface area contributed by atoms with E-state index in [-0.39, 0.29) is 10.4 Å². The summed E-state index contributed by atoms with van der Waals surface area (Å²) >= 11 is 1.11. The van der Waals surface area contributed by atoms with Crippen LogP contribution in [0.5, 0.6) is 0 Å². The van der Waals surface area contributed by atoms with Gasteiger partial charge in [-0.3, -0.25) is 4.79 Å². The fraction of sp³-hybridized carbons (Fsp3) is 0.111. The quantitative estimate of drug-likeness (QED) is 0.749. The normalized spacial score (nSPS) is 10.6. The number of carbonyl (C=O) groups is 1. The van der Waals surface area contributed by atoms with Gasteiger partial charge in [-0.25, -0.2) is 4.79 Å². The van der Waals surface area contributed by atoms with E-state index in [1.165, 1.54) is 6.07 Å². The molecular weight excluding hydrogens is 202 g/mol. The van der Waals surface area contributed by atoms with Crippen LogP contribution in [-0.4, -0.2) is 16.1 Å². The van der Waals surface area contributed by atoms with Crippen LogP contribution in [0, 0.1) is 6.92 Å². The first-order valence-corrected chi connectivity index (χ1v) is 4.76. The number of hydrogen-bond donors (Lipinski definition) is 2. The number of pyridine rings is 1. The van der Waals surface area contributed by atoms with Crippen LogP contribution >= 0.6 is 11.3 Å². The molecular formula is C9H7NO3S. The summed E-state index contributed by atoms with van der Waals surface area (Å²) in [5.41, 5.74) is 0.505. The Morgan fingerprint density at radius 1 is 1.50 bits per heavy atom. The Labute approximate surface area is 82.8 Å². The molecule has 2 heterocycles. The molecule has 0 fully saturated rings. The summed E-state index contributed by atoms with van der Waals surface area (Å²) in [6.45, 7) is 1.76. The zero-order chi connectivity index (χ0) is 10.3. The Bertz CT molecular complexity index is 567. The van der Waals surface area contributed by atoms with Crippen LogP contribution in [0.3, 0.4) is 0 Å². The van der Waals surface area contributed by atoms with E-state index < -0.39 is 5.97 Å². The minimum Gasteiger partial charge on any atom is -0.477 e. The van der Waals surface area contributed by atoms with Crippen LogP contribution in [-0.2, 0) is 0 Å². The molecule has 0 aliphatic carbocycles. The van der Waals surface area contributed by atoms with Crippen molar-refractivity contribution in [3.63, 3.8) is 0 Å². The number of rotatable bonds is 1. The fourth-order valence-corrected chi connectivity index (χ4v) is 2.27. The van der Waals surface area contributed by atoms with Crippen LogP contribution in [0.25, 0.3) is 10.1 Å². The molecule has 0 saturated carbocycles. The minimum absolute atomic E-state index is 0.191. The monoisotopic (exact) mass is 209 g/mol. The largest absolute Gasteiger partial charge is 0.477 e. The molecule has 0 radical (unpaired) electrons. The Morgan fingerprint density at radius 3 is 2.86 bits per heavy atom. The van der Waals surface area contributed by atoms with Crippen molar-refractivity contribution in [2.45, 2.75) is 6.92 Å². The van der Waals surface area contributed by atoms with Gasteiger partial charge in [-0.1, -0.05) is 0 Å². The molecule has 72 valence electrons. The van der Waals surface area contributed by atoms with Crippen molar-refractivity contribution in [2.24, 2.45) is 0 Å². The molecule has 2 aromatic heterocycles. The highest BCUT2D eigenvalue weighted by atomic mass is 32.1. The highest BCUT2D eigenvalue weighted by Crippen LogP contribution is 2.22. The average molecular weight is 209 g/mol. The molecule has 0 aliphatic heterocycles. The van der Waals surface area contributed by atoms with Crippen LogP contribution < -0.4 is 5.56 Å². The van der Waals surface area contributed by atoms with E-state index in [0.717, 1.165) is 17.0 Å². The van der Waals surface area contributed by atoms with E-state index in [4.69, 9.17) is 5.11 Å². The van der Waals surface area contributed by atoms with Gasteiger partial charge in [0.2, 0.25) is 0 Å². The zero-order valence-electron chi connectivity index (χ0n) is 7.33. The van der Waals surface area contributed by atoms with Crippen molar-refractivity contribution in [2.75, 3.05) is 0 Å². The van der Waals surface area contributed by atoms with Gasteiger partial charge in [0.15, 0.2) is 0 Å². The van der Waals surface area contributed by atoms with Crippen molar-refractivity contribution in [1.29, 1.82) is 0 Å². The van der Waals surface area contributed by atoms with Gasteiger partial charge in [0.1, 0.15) is 4.88 Å². The molecule has 5 heteroatoms. The first-order chi connectivity index (χ1) is 6.58. The van der Waals surface area contributed by atoms with E-state index in [1.807, 2.05) is 0 Å². The smallest absolute Gasteiger partial charge is 0.345 e. The summed E-state index contributed by atoms with van der Waals surface area (Å²) in [6.07, 6.45) is 0. The second-order valence-corrected chi connectivity index (χ2v) is 4.06. The summed E-state index contributed by atoms with van der Waals surface area (Å²) in [7, 11) is 0. The van der Waals surface area contributed by atoms with E-state index in [9.17, 15) is 9.59 Å². The number of aromatic nitrogens is 1. The summed E-state index contributed by atoms with van der Waals surface area (Å²) in [4.78, 5) is 24.9. The van der Waals surface area contributed by atoms with Crippen molar-refractivity contribution in [3.05, 3.63) is 33.1 Å². The lowest BCUT2D eigenvalue weighted by molar-refractivity contribution is 0.0702. The summed E-state index contributed by atoms with van der Waals surface area (Å²) in [5.74, 6) is -0.997. The number of thiophene rings is 1. The first kappa shape index (κ1) is 8.96. The van der Waals surface area contributed by atoms with Gasteiger partial charge in [-0.05, 0) is 19.1 Å². The molecule has 0 saturated heterocycles. The lowest BCUT2D eigenvalue weighted by Gasteiger charge is -1.90. The zero-order valence-corrected chi connectivity index (χ0v) is 8.14. The van der Waals surface area contributed by atoms with Gasteiger partial charge in [0, 0.05) is 10.4 Å². The molecule has 0 amide bonds. The van der Waals surface area contributed by atoms with E-state index in [2.05, 4.69) is 4.98 Å². The maximum atomic E-state index is 11.4. The molecule has 0 bridgehead atoms. The maximum Gasteiger partial charge on any atom is 0.345 e. The topological polar surface area (TPSA) is 70.2 Å². The third kappa shape index (κ3) is 1.31. The van der Waals surface area contributed by atoms with Crippen molar-refractivity contribution >= 4 is 27.4 Å². The standard InChI is InChI=1S/C9H7NO3S/c1-4-2-6-5(8(11)10-4)3-7(14-6)9(12)13/h2-3H,1H3,(H,10,11)(H,12,13). The van der Waals surface area contributed by atoms with Crippen molar-refractivity contribution in [3.8, 4) is 0 Å². The van der Waals surface area contributed by atoms with Gasteiger partial charge in [0.05, 0.1) is 5.39 Å². The van der Waals surface area contributed by atoms with E-state index in [1.54, 1.807) is 13.0 Å². The molecule has 2 rings (SSSR count). The predicted octanol–water partition coefficient (Wildman–Crippen LogP) is 1.60. The van der Waals surface area contributed by atoms with E-state index >= 15 is 0 Å². The van der Waals surface area contributed by atoms with Crippen LogP contribution in [0.4, 0.5) is 0 Å². The molecule has 2 aromatic rings. The van der Waals surface area contributed by atoms with Gasteiger partial charge in [0.25, 0.3) is 5.56 Å². The van der Waals surface area contributed by atoms with Gasteiger partial charge in [-0.15, -0.1) is 11.3 Å².